The summed E-state index contributed by atoms with van der Waals surface area (Å²) in [5.41, 5.74) is 1.19. The second-order valence-corrected chi connectivity index (χ2v) is 5.69. The van der Waals surface area contributed by atoms with E-state index in [-0.39, 0.29) is 17.7 Å². The summed E-state index contributed by atoms with van der Waals surface area (Å²) in [6.45, 7) is 2.59. The Morgan fingerprint density at radius 3 is 2.65 bits per heavy atom. The summed E-state index contributed by atoms with van der Waals surface area (Å²) in [6, 6.07) is 7.21. The van der Waals surface area contributed by atoms with Crippen LogP contribution in [0.5, 0.6) is 0 Å². The van der Waals surface area contributed by atoms with E-state index in [9.17, 15) is 9.59 Å². The van der Waals surface area contributed by atoms with Gasteiger partial charge in [0.15, 0.2) is 0 Å². The molecule has 0 atom stereocenters. The minimum atomic E-state index is -0.162. The molecule has 1 aliphatic carbocycles. The maximum Gasteiger partial charge on any atom is 0.253 e. The lowest BCUT2D eigenvalue weighted by Gasteiger charge is -2.20. The molecule has 2 rings (SSSR count). The van der Waals surface area contributed by atoms with E-state index in [2.05, 4.69) is 10.6 Å². The monoisotopic (exact) mass is 319 g/mol. The molecule has 1 aliphatic rings. The van der Waals surface area contributed by atoms with Crippen molar-refractivity contribution in [3.05, 3.63) is 29.8 Å². The lowest BCUT2D eigenvalue weighted by Crippen LogP contribution is -2.35. The smallest absolute Gasteiger partial charge is 0.253 e. The van der Waals surface area contributed by atoms with Crippen molar-refractivity contribution in [1.29, 1.82) is 0 Å². The van der Waals surface area contributed by atoms with Crippen LogP contribution in [0, 0.1) is 5.92 Å². The standard InChI is InChI=1S/C17H25N3O3/c1-20(17(22)13-7-8-13)15-6-4-3-5-14(15)16(21)19-10-9-18-11-12-23-2/h3-6,13,18H,7-12H2,1-2H3,(H,19,21). The molecule has 1 aromatic rings. The van der Waals surface area contributed by atoms with E-state index in [1.54, 1.807) is 25.1 Å². The Kier molecular flexibility index (Phi) is 6.55. The van der Waals surface area contributed by atoms with E-state index in [0.717, 1.165) is 19.4 Å². The molecular weight excluding hydrogens is 294 g/mol. The number of hydrogen-bond acceptors (Lipinski definition) is 4. The van der Waals surface area contributed by atoms with Crippen molar-refractivity contribution in [1.82, 2.24) is 10.6 Å². The largest absolute Gasteiger partial charge is 0.383 e. The highest BCUT2D eigenvalue weighted by Crippen LogP contribution is 2.33. The van der Waals surface area contributed by atoms with Crippen LogP contribution in [0.1, 0.15) is 23.2 Å². The molecule has 0 aromatic heterocycles. The number of ether oxygens (including phenoxy) is 1. The van der Waals surface area contributed by atoms with Crippen LogP contribution >= 0.6 is 0 Å². The third kappa shape index (κ3) is 5.04. The van der Waals surface area contributed by atoms with Crippen LogP contribution in [-0.2, 0) is 9.53 Å². The lowest BCUT2D eigenvalue weighted by molar-refractivity contribution is -0.119. The second kappa shape index (κ2) is 8.64. The number of amides is 2. The molecule has 2 amide bonds. The van der Waals surface area contributed by atoms with Gasteiger partial charge in [-0.05, 0) is 25.0 Å². The highest BCUT2D eigenvalue weighted by Gasteiger charge is 2.33. The van der Waals surface area contributed by atoms with Crippen molar-refractivity contribution < 1.29 is 14.3 Å². The zero-order valence-electron chi connectivity index (χ0n) is 13.8. The minimum absolute atomic E-state index is 0.0893. The normalized spacial score (nSPS) is 13.7. The Bertz CT molecular complexity index is 544. The predicted octanol–water partition coefficient (Wildman–Crippen LogP) is 1.03. The van der Waals surface area contributed by atoms with Crippen molar-refractivity contribution >= 4 is 17.5 Å². The van der Waals surface area contributed by atoms with E-state index < -0.39 is 0 Å². The first-order valence-electron chi connectivity index (χ1n) is 7.99. The molecule has 0 aliphatic heterocycles. The fraction of sp³-hybridized carbons (Fsp3) is 0.529. The van der Waals surface area contributed by atoms with Crippen LogP contribution in [0.15, 0.2) is 24.3 Å². The Labute approximate surface area is 137 Å². The molecule has 0 bridgehead atoms. The number of para-hydroxylation sites is 1. The Morgan fingerprint density at radius 1 is 1.22 bits per heavy atom. The van der Waals surface area contributed by atoms with Gasteiger partial charge in [0.25, 0.3) is 5.91 Å². The van der Waals surface area contributed by atoms with Gasteiger partial charge in [-0.1, -0.05) is 12.1 Å². The van der Waals surface area contributed by atoms with Gasteiger partial charge in [-0.2, -0.15) is 0 Å². The van der Waals surface area contributed by atoms with Gasteiger partial charge in [-0.25, -0.2) is 0 Å². The van der Waals surface area contributed by atoms with Crippen LogP contribution in [-0.4, -0.2) is 52.2 Å². The summed E-state index contributed by atoms with van der Waals surface area (Å²) in [5.74, 6) is 0.0529. The summed E-state index contributed by atoms with van der Waals surface area (Å²) < 4.78 is 4.94. The molecule has 1 saturated carbocycles. The van der Waals surface area contributed by atoms with Gasteiger partial charge in [0.05, 0.1) is 17.9 Å². The van der Waals surface area contributed by atoms with Crippen molar-refractivity contribution in [2.75, 3.05) is 45.3 Å². The Morgan fingerprint density at radius 2 is 1.96 bits per heavy atom. The number of benzene rings is 1. The fourth-order valence-corrected chi connectivity index (χ4v) is 2.34. The first-order chi connectivity index (χ1) is 11.1. The molecule has 0 unspecified atom stereocenters. The summed E-state index contributed by atoms with van der Waals surface area (Å²) in [7, 11) is 3.39. The van der Waals surface area contributed by atoms with E-state index in [0.29, 0.717) is 30.9 Å². The van der Waals surface area contributed by atoms with E-state index in [1.165, 1.54) is 0 Å². The summed E-state index contributed by atoms with van der Waals surface area (Å²) in [6.07, 6.45) is 1.90. The van der Waals surface area contributed by atoms with Gasteiger partial charge in [0.1, 0.15) is 0 Å². The predicted molar refractivity (Wildman–Crippen MR) is 89.7 cm³/mol. The van der Waals surface area contributed by atoms with Crippen molar-refractivity contribution in [2.45, 2.75) is 12.8 Å². The first kappa shape index (κ1) is 17.4. The van der Waals surface area contributed by atoms with Crippen molar-refractivity contribution in [3.63, 3.8) is 0 Å². The van der Waals surface area contributed by atoms with Crippen molar-refractivity contribution in [3.8, 4) is 0 Å². The Balaban J connectivity index is 1.90. The molecule has 0 radical (unpaired) electrons. The number of rotatable bonds is 9. The molecule has 0 saturated heterocycles. The number of nitrogens with zero attached hydrogens (tertiary/aromatic N) is 1. The quantitative estimate of drug-likeness (QED) is 0.667. The molecule has 2 N–H and O–H groups in total. The second-order valence-electron chi connectivity index (χ2n) is 5.69. The molecule has 1 aromatic carbocycles. The minimum Gasteiger partial charge on any atom is -0.383 e. The summed E-state index contributed by atoms with van der Waals surface area (Å²) in [4.78, 5) is 26.2. The van der Waals surface area contributed by atoms with Gasteiger partial charge in [0, 0.05) is 39.7 Å². The average Bonchev–Trinajstić information content (AvgIpc) is 3.41. The number of methoxy groups -OCH3 is 1. The highest BCUT2D eigenvalue weighted by molar-refractivity contribution is 6.05. The SMILES string of the molecule is COCCNCCNC(=O)c1ccccc1N(C)C(=O)C1CC1. The van der Waals surface area contributed by atoms with E-state index in [1.807, 2.05) is 18.2 Å². The number of carbonyl (C=O) groups is 2. The third-order valence-electron chi connectivity index (χ3n) is 3.84. The van der Waals surface area contributed by atoms with Crippen LogP contribution < -0.4 is 15.5 Å². The molecule has 6 nitrogen and oxygen atoms in total. The van der Waals surface area contributed by atoms with Gasteiger partial charge in [-0.15, -0.1) is 0 Å². The maximum absolute atomic E-state index is 12.4. The third-order valence-corrected chi connectivity index (χ3v) is 3.84. The van der Waals surface area contributed by atoms with Gasteiger partial charge in [-0.3, -0.25) is 9.59 Å². The maximum atomic E-state index is 12.4. The van der Waals surface area contributed by atoms with E-state index in [4.69, 9.17) is 4.74 Å². The number of hydrogen-bond donors (Lipinski definition) is 2. The zero-order chi connectivity index (χ0) is 16.7. The molecule has 1 fully saturated rings. The number of nitrogens with one attached hydrogen (secondary N) is 2. The molecule has 0 spiro atoms. The fourth-order valence-electron chi connectivity index (χ4n) is 2.34. The highest BCUT2D eigenvalue weighted by atomic mass is 16.5. The van der Waals surface area contributed by atoms with Crippen LogP contribution in [0.25, 0.3) is 0 Å². The lowest BCUT2D eigenvalue weighted by atomic mass is 10.1. The summed E-state index contributed by atoms with van der Waals surface area (Å²) >= 11 is 0. The van der Waals surface area contributed by atoms with Crippen molar-refractivity contribution in [2.24, 2.45) is 5.92 Å². The first-order valence-corrected chi connectivity index (χ1v) is 7.99. The number of carbonyl (C=O) groups excluding carboxylic acids is 2. The summed E-state index contributed by atoms with van der Waals surface area (Å²) in [5, 5.41) is 6.04. The van der Waals surface area contributed by atoms with E-state index >= 15 is 0 Å². The van der Waals surface area contributed by atoms with Crippen LogP contribution in [0.4, 0.5) is 5.69 Å². The molecular formula is C17H25N3O3. The average molecular weight is 319 g/mol. The zero-order valence-corrected chi connectivity index (χ0v) is 13.8. The topological polar surface area (TPSA) is 70.7 Å². The van der Waals surface area contributed by atoms with Gasteiger partial charge >= 0.3 is 0 Å². The van der Waals surface area contributed by atoms with Crippen LogP contribution in [0.3, 0.4) is 0 Å². The van der Waals surface area contributed by atoms with Crippen LogP contribution in [0.2, 0.25) is 0 Å². The van der Waals surface area contributed by atoms with Gasteiger partial charge in [0.2, 0.25) is 5.91 Å². The molecule has 23 heavy (non-hydrogen) atoms. The Hall–Kier alpha value is -1.92. The van der Waals surface area contributed by atoms with Gasteiger partial charge < -0.3 is 20.3 Å². The molecule has 0 heterocycles. The number of anilines is 1. The molecule has 6 heteroatoms. The molecule has 126 valence electrons.